The SMILES string of the molecule is Cc1ncsc1CCOc1cnccc1C(=O)O. The molecule has 5 nitrogen and oxygen atoms in total. The Kier molecular flexibility index (Phi) is 3.88. The predicted octanol–water partition coefficient (Wildman–Crippen LogP) is 2.17. The van der Waals surface area contributed by atoms with Gasteiger partial charge in [0, 0.05) is 17.5 Å². The van der Waals surface area contributed by atoms with Gasteiger partial charge in [-0.3, -0.25) is 4.98 Å². The first kappa shape index (κ1) is 12.5. The molecule has 6 heteroatoms. The summed E-state index contributed by atoms with van der Waals surface area (Å²) in [4.78, 5) is 20.1. The van der Waals surface area contributed by atoms with Gasteiger partial charge in [-0.2, -0.15) is 0 Å². The Labute approximate surface area is 108 Å². The Morgan fingerprint density at radius 2 is 2.39 bits per heavy atom. The third kappa shape index (κ3) is 2.84. The highest BCUT2D eigenvalue weighted by atomic mass is 32.1. The summed E-state index contributed by atoms with van der Waals surface area (Å²) in [7, 11) is 0. The number of pyridine rings is 1. The Balaban J connectivity index is 1.99. The lowest BCUT2D eigenvalue weighted by Gasteiger charge is -2.07. The smallest absolute Gasteiger partial charge is 0.339 e. The molecule has 0 amide bonds. The van der Waals surface area contributed by atoms with Gasteiger partial charge in [-0.15, -0.1) is 11.3 Å². The number of hydrogen-bond acceptors (Lipinski definition) is 5. The molecule has 0 unspecified atom stereocenters. The van der Waals surface area contributed by atoms with Crippen molar-refractivity contribution in [1.29, 1.82) is 0 Å². The van der Waals surface area contributed by atoms with Crippen molar-refractivity contribution in [3.63, 3.8) is 0 Å². The topological polar surface area (TPSA) is 72.3 Å². The van der Waals surface area contributed by atoms with Crippen LogP contribution in [0.2, 0.25) is 0 Å². The summed E-state index contributed by atoms with van der Waals surface area (Å²) in [6, 6.07) is 1.43. The molecule has 2 heterocycles. The van der Waals surface area contributed by atoms with Crippen LogP contribution >= 0.6 is 11.3 Å². The number of nitrogens with zero attached hydrogens (tertiary/aromatic N) is 2. The largest absolute Gasteiger partial charge is 0.491 e. The van der Waals surface area contributed by atoms with E-state index < -0.39 is 5.97 Å². The van der Waals surface area contributed by atoms with Crippen LogP contribution in [0.4, 0.5) is 0 Å². The van der Waals surface area contributed by atoms with E-state index in [1.807, 2.05) is 6.92 Å². The lowest BCUT2D eigenvalue weighted by atomic mass is 10.2. The predicted molar refractivity (Wildman–Crippen MR) is 67.2 cm³/mol. The summed E-state index contributed by atoms with van der Waals surface area (Å²) < 4.78 is 5.46. The van der Waals surface area contributed by atoms with Crippen LogP contribution in [0.1, 0.15) is 20.9 Å². The van der Waals surface area contributed by atoms with E-state index in [4.69, 9.17) is 9.84 Å². The summed E-state index contributed by atoms with van der Waals surface area (Å²) in [6.07, 6.45) is 3.57. The van der Waals surface area contributed by atoms with E-state index in [1.165, 1.54) is 18.5 Å². The van der Waals surface area contributed by atoms with Gasteiger partial charge in [0.15, 0.2) is 5.75 Å². The fraction of sp³-hybridized carbons (Fsp3) is 0.250. The number of aromatic nitrogens is 2. The number of hydrogen-bond donors (Lipinski definition) is 1. The van der Waals surface area contributed by atoms with Crippen LogP contribution in [0.3, 0.4) is 0 Å². The van der Waals surface area contributed by atoms with Gasteiger partial charge in [-0.1, -0.05) is 0 Å². The Bertz CT molecular complexity index is 554. The molecular formula is C12H12N2O3S. The molecule has 0 radical (unpaired) electrons. The van der Waals surface area contributed by atoms with E-state index in [1.54, 1.807) is 16.8 Å². The molecule has 0 aliphatic rings. The highest BCUT2D eigenvalue weighted by Crippen LogP contribution is 2.18. The van der Waals surface area contributed by atoms with Gasteiger partial charge in [-0.05, 0) is 13.0 Å². The Hall–Kier alpha value is -1.95. The molecule has 0 bridgehead atoms. The zero-order chi connectivity index (χ0) is 13.0. The van der Waals surface area contributed by atoms with Crippen LogP contribution in [-0.4, -0.2) is 27.7 Å². The number of thiazole rings is 1. The third-order valence-corrected chi connectivity index (χ3v) is 3.44. The van der Waals surface area contributed by atoms with Crippen LogP contribution in [0.15, 0.2) is 24.0 Å². The van der Waals surface area contributed by atoms with Gasteiger partial charge in [0.1, 0.15) is 5.56 Å². The molecule has 0 spiro atoms. The highest BCUT2D eigenvalue weighted by Gasteiger charge is 2.11. The molecule has 0 atom stereocenters. The monoisotopic (exact) mass is 264 g/mol. The van der Waals surface area contributed by atoms with Crippen molar-refractivity contribution in [2.75, 3.05) is 6.61 Å². The van der Waals surface area contributed by atoms with Gasteiger partial charge in [0.25, 0.3) is 0 Å². The van der Waals surface area contributed by atoms with E-state index >= 15 is 0 Å². The number of rotatable bonds is 5. The van der Waals surface area contributed by atoms with Gasteiger partial charge in [0.2, 0.25) is 0 Å². The first-order valence-corrected chi connectivity index (χ1v) is 6.25. The zero-order valence-corrected chi connectivity index (χ0v) is 10.6. The number of ether oxygens (including phenoxy) is 1. The van der Waals surface area contributed by atoms with Crippen molar-refractivity contribution in [3.05, 3.63) is 40.1 Å². The van der Waals surface area contributed by atoms with Crippen LogP contribution in [0, 0.1) is 6.92 Å². The van der Waals surface area contributed by atoms with Crippen molar-refractivity contribution in [1.82, 2.24) is 9.97 Å². The lowest BCUT2D eigenvalue weighted by Crippen LogP contribution is -2.06. The maximum Gasteiger partial charge on any atom is 0.339 e. The number of carbonyl (C=O) groups is 1. The van der Waals surface area contributed by atoms with E-state index in [0.29, 0.717) is 18.8 Å². The number of aryl methyl sites for hydroxylation is 1. The molecule has 0 fully saturated rings. The average molecular weight is 264 g/mol. The van der Waals surface area contributed by atoms with Crippen LogP contribution in [0.25, 0.3) is 0 Å². The summed E-state index contributed by atoms with van der Waals surface area (Å²) in [6.45, 7) is 2.35. The quantitative estimate of drug-likeness (QED) is 0.896. The summed E-state index contributed by atoms with van der Waals surface area (Å²) in [5, 5.41) is 8.98. The second kappa shape index (κ2) is 5.59. The van der Waals surface area contributed by atoms with Crippen molar-refractivity contribution >= 4 is 17.3 Å². The maximum atomic E-state index is 11.0. The summed E-state index contributed by atoms with van der Waals surface area (Å²) in [5.41, 5.74) is 2.91. The zero-order valence-electron chi connectivity index (χ0n) is 9.79. The van der Waals surface area contributed by atoms with Crippen LogP contribution in [0.5, 0.6) is 5.75 Å². The molecule has 0 aliphatic heterocycles. The molecule has 0 aromatic carbocycles. The molecule has 2 aromatic heterocycles. The lowest BCUT2D eigenvalue weighted by molar-refractivity contribution is 0.0692. The minimum atomic E-state index is -1.01. The van der Waals surface area contributed by atoms with Gasteiger partial charge in [-0.25, -0.2) is 9.78 Å². The normalized spacial score (nSPS) is 10.3. The van der Waals surface area contributed by atoms with Crippen molar-refractivity contribution in [2.45, 2.75) is 13.3 Å². The van der Waals surface area contributed by atoms with Gasteiger partial charge in [0.05, 0.1) is 24.0 Å². The molecule has 0 aliphatic carbocycles. The molecule has 18 heavy (non-hydrogen) atoms. The van der Waals surface area contributed by atoms with E-state index in [9.17, 15) is 4.79 Å². The van der Waals surface area contributed by atoms with E-state index in [2.05, 4.69) is 9.97 Å². The van der Waals surface area contributed by atoms with Crippen LogP contribution in [-0.2, 0) is 6.42 Å². The number of aromatic carboxylic acids is 1. The minimum Gasteiger partial charge on any atom is -0.491 e. The summed E-state index contributed by atoms with van der Waals surface area (Å²) in [5.74, 6) is -0.714. The first-order chi connectivity index (χ1) is 8.68. The molecule has 1 N–H and O–H groups in total. The maximum absolute atomic E-state index is 11.0. The second-order valence-electron chi connectivity index (χ2n) is 3.64. The first-order valence-electron chi connectivity index (χ1n) is 5.37. The molecule has 2 aromatic rings. The summed E-state index contributed by atoms with van der Waals surface area (Å²) >= 11 is 1.57. The fourth-order valence-corrected chi connectivity index (χ4v) is 2.25. The van der Waals surface area contributed by atoms with E-state index in [-0.39, 0.29) is 5.56 Å². The minimum absolute atomic E-state index is 0.131. The highest BCUT2D eigenvalue weighted by molar-refractivity contribution is 7.09. The van der Waals surface area contributed by atoms with Crippen LogP contribution < -0.4 is 4.74 Å². The third-order valence-electron chi connectivity index (χ3n) is 2.45. The van der Waals surface area contributed by atoms with Crippen molar-refractivity contribution in [2.24, 2.45) is 0 Å². The van der Waals surface area contributed by atoms with Crippen molar-refractivity contribution in [3.8, 4) is 5.75 Å². The Morgan fingerprint density at radius 1 is 1.56 bits per heavy atom. The standard InChI is InChI=1S/C12H12N2O3S/c1-8-11(18-7-14-8)3-5-17-10-6-13-4-2-9(10)12(15)16/h2,4,6-7H,3,5H2,1H3,(H,15,16). The van der Waals surface area contributed by atoms with Crippen molar-refractivity contribution < 1.29 is 14.6 Å². The molecule has 0 saturated heterocycles. The molecule has 2 rings (SSSR count). The number of carboxylic acids is 1. The molecular weight excluding hydrogens is 252 g/mol. The Morgan fingerprint density at radius 3 is 3.06 bits per heavy atom. The average Bonchev–Trinajstić information content (AvgIpc) is 2.76. The van der Waals surface area contributed by atoms with Gasteiger partial charge >= 0.3 is 5.97 Å². The fourth-order valence-electron chi connectivity index (χ4n) is 1.49. The second-order valence-corrected chi connectivity index (χ2v) is 4.58. The molecule has 0 saturated carbocycles. The van der Waals surface area contributed by atoms with E-state index in [0.717, 1.165) is 10.6 Å². The number of carboxylic acid groups (broad SMARTS) is 1. The molecule has 94 valence electrons. The van der Waals surface area contributed by atoms with Gasteiger partial charge < -0.3 is 9.84 Å².